The van der Waals surface area contributed by atoms with Gasteiger partial charge >= 0.3 is 0 Å². The summed E-state index contributed by atoms with van der Waals surface area (Å²) in [5.41, 5.74) is 2.10. The number of hydrogen-bond acceptors (Lipinski definition) is 4. The van der Waals surface area contributed by atoms with Gasteiger partial charge in [0.1, 0.15) is 11.3 Å². The summed E-state index contributed by atoms with van der Waals surface area (Å²) in [5, 5.41) is 0.510. The van der Waals surface area contributed by atoms with Gasteiger partial charge in [-0.1, -0.05) is 0 Å². The van der Waals surface area contributed by atoms with Crippen molar-refractivity contribution in [2.45, 2.75) is 37.5 Å². The summed E-state index contributed by atoms with van der Waals surface area (Å²) in [6, 6.07) is 4.07. The molecule has 2 aromatic rings. The average molecular weight is 303 g/mol. The van der Waals surface area contributed by atoms with Gasteiger partial charge < -0.3 is 4.74 Å². The van der Waals surface area contributed by atoms with Gasteiger partial charge in [0.05, 0.1) is 5.37 Å². The van der Waals surface area contributed by atoms with Crippen LogP contribution in [0.4, 0.5) is 0 Å². The SMILES string of the molecule is c1cnc2c(c1)nc(CC1CCOC1)n2C1CCCCS1. The normalized spacial score (nSPS) is 26.5. The lowest BCUT2D eigenvalue weighted by Crippen LogP contribution is -2.16. The number of ether oxygens (including phenoxy) is 1. The Morgan fingerprint density at radius 3 is 3.14 bits per heavy atom. The van der Waals surface area contributed by atoms with E-state index < -0.39 is 0 Å². The van der Waals surface area contributed by atoms with Crippen molar-refractivity contribution in [2.24, 2.45) is 5.92 Å². The Morgan fingerprint density at radius 2 is 2.33 bits per heavy atom. The second-order valence-electron chi connectivity index (χ2n) is 6.00. The van der Waals surface area contributed by atoms with E-state index in [-0.39, 0.29) is 0 Å². The highest BCUT2D eigenvalue weighted by molar-refractivity contribution is 7.99. The Morgan fingerprint density at radius 1 is 1.33 bits per heavy atom. The van der Waals surface area contributed by atoms with Crippen LogP contribution in [0.15, 0.2) is 18.3 Å². The first-order chi connectivity index (χ1) is 10.4. The predicted octanol–water partition coefficient (Wildman–Crippen LogP) is 3.43. The van der Waals surface area contributed by atoms with Crippen LogP contribution in [0, 0.1) is 5.92 Å². The molecule has 0 radical (unpaired) electrons. The molecule has 0 N–H and O–H groups in total. The molecule has 0 bridgehead atoms. The number of aromatic nitrogens is 3. The first-order valence-electron chi connectivity index (χ1n) is 7.93. The number of imidazole rings is 1. The standard InChI is InChI=1S/C16H21N3OS/c1-2-9-21-15(5-1)19-14(10-12-6-8-20-11-12)18-13-4-3-7-17-16(13)19/h3-4,7,12,15H,1-2,5-6,8-11H2. The smallest absolute Gasteiger partial charge is 0.160 e. The Balaban J connectivity index is 1.72. The Kier molecular flexibility index (Phi) is 3.86. The summed E-state index contributed by atoms with van der Waals surface area (Å²) in [6.07, 6.45) is 7.96. The van der Waals surface area contributed by atoms with E-state index >= 15 is 0 Å². The second kappa shape index (κ2) is 5.97. The molecule has 2 fully saturated rings. The predicted molar refractivity (Wildman–Crippen MR) is 85.5 cm³/mol. The molecule has 0 amide bonds. The molecule has 2 aliphatic rings. The number of pyridine rings is 1. The van der Waals surface area contributed by atoms with Gasteiger partial charge in [-0.15, -0.1) is 11.8 Å². The maximum absolute atomic E-state index is 5.53. The Labute approximate surface area is 129 Å². The van der Waals surface area contributed by atoms with E-state index in [0.717, 1.165) is 37.2 Å². The van der Waals surface area contributed by atoms with Crippen LogP contribution in [0.2, 0.25) is 0 Å². The van der Waals surface area contributed by atoms with Crippen molar-refractivity contribution in [3.63, 3.8) is 0 Å². The number of nitrogens with zero attached hydrogens (tertiary/aromatic N) is 3. The molecule has 2 aromatic heterocycles. The van der Waals surface area contributed by atoms with Gasteiger partial charge in [0.25, 0.3) is 0 Å². The lowest BCUT2D eigenvalue weighted by Gasteiger charge is -2.25. The van der Waals surface area contributed by atoms with Crippen LogP contribution < -0.4 is 0 Å². The first-order valence-corrected chi connectivity index (χ1v) is 8.98. The van der Waals surface area contributed by atoms with Crippen LogP contribution >= 0.6 is 11.8 Å². The minimum atomic E-state index is 0.510. The van der Waals surface area contributed by atoms with Crippen molar-refractivity contribution < 1.29 is 4.74 Å². The summed E-state index contributed by atoms with van der Waals surface area (Å²) in [6.45, 7) is 1.79. The molecule has 4 nitrogen and oxygen atoms in total. The third kappa shape index (κ3) is 2.69. The maximum atomic E-state index is 5.53. The number of fused-ring (bicyclic) bond motifs is 1. The fourth-order valence-corrected chi connectivity index (χ4v) is 4.70. The molecule has 0 saturated carbocycles. The van der Waals surface area contributed by atoms with Gasteiger partial charge in [-0.2, -0.15) is 0 Å². The summed E-state index contributed by atoms with van der Waals surface area (Å²) in [5.74, 6) is 3.08. The van der Waals surface area contributed by atoms with Gasteiger partial charge in [0.15, 0.2) is 5.65 Å². The van der Waals surface area contributed by atoms with Crippen LogP contribution in [0.5, 0.6) is 0 Å². The average Bonchev–Trinajstić information content (AvgIpc) is 3.15. The van der Waals surface area contributed by atoms with Gasteiger partial charge in [0, 0.05) is 25.8 Å². The molecule has 2 atom stereocenters. The highest BCUT2D eigenvalue weighted by atomic mass is 32.2. The fraction of sp³-hybridized carbons (Fsp3) is 0.625. The van der Waals surface area contributed by atoms with Crippen molar-refractivity contribution in [3.8, 4) is 0 Å². The molecular formula is C16H21N3OS. The molecule has 2 aliphatic heterocycles. The zero-order valence-corrected chi connectivity index (χ0v) is 13.0. The van der Waals surface area contributed by atoms with Crippen molar-refractivity contribution in [1.29, 1.82) is 0 Å². The lowest BCUT2D eigenvalue weighted by molar-refractivity contribution is 0.185. The molecule has 21 heavy (non-hydrogen) atoms. The number of thioether (sulfide) groups is 1. The third-order valence-electron chi connectivity index (χ3n) is 4.46. The zero-order valence-electron chi connectivity index (χ0n) is 12.2. The molecular weight excluding hydrogens is 282 g/mol. The summed E-state index contributed by atoms with van der Waals surface area (Å²) in [7, 11) is 0. The highest BCUT2D eigenvalue weighted by Gasteiger charge is 2.25. The quantitative estimate of drug-likeness (QED) is 0.871. The molecule has 0 aliphatic carbocycles. The van der Waals surface area contributed by atoms with E-state index in [1.807, 2.05) is 12.3 Å². The van der Waals surface area contributed by atoms with E-state index in [1.165, 1.54) is 30.8 Å². The fourth-order valence-electron chi connectivity index (χ4n) is 3.35. The van der Waals surface area contributed by atoms with E-state index in [1.54, 1.807) is 0 Å². The molecule has 2 unspecified atom stereocenters. The van der Waals surface area contributed by atoms with Crippen molar-refractivity contribution >= 4 is 22.9 Å². The minimum absolute atomic E-state index is 0.510. The molecule has 5 heteroatoms. The number of rotatable bonds is 3. The van der Waals surface area contributed by atoms with Crippen LogP contribution in [-0.4, -0.2) is 33.5 Å². The molecule has 2 saturated heterocycles. The molecule has 112 valence electrons. The van der Waals surface area contributed by atoms with Crippen molar-refractivity contribution in [3.05, 3.63) is 24.2 Å². The summed E-state index contributed by atoms with van der Waals surface area (Å²) < 4.78 is 7.95. The van der Waals surface area contributed by atoms with E-state index in [4.69, 9.17) is 9.72 Å². The molecule has 4 heterocycles. The van der Waals surface area contributed by atoms with Crippen LogP contribution in [0.1, 0.15) is 36.9 Å². The maximum Gasteiger partial charge on any atom is 0.160 e. The lowest BCUT2D eigenvalue weighted by atomic mass is 10.0. The zero-order chi connectivity index (χ0) is 14.1. The monoisotopic (exact) mass is 303 g/mol. The number of hydrogen-bond donors (Lipinski definition) is 0. The van der Waals surface area contributed by atoms with Gasteiger partial charge in [-0.25, -0.2) is 9.97 Å². The third-order valence-corrected chi connectivity index (χ3v) is 5.82. The van der Waals surface area contributed by atoms with Crippen LogP contribution in [-0.2, 0) is 11.2 Å². The van der Waals surface area contributed by atoms with E-state index in [9.17, 15) is 0 Å². The molecule has 0 aromatic carbocycles. The first kappa shape index (κ1) is 13.6. The minimum Gasteiger partial charge on any atom is -0.381 e. The Hall–Kier alpha value is -1.07. The molecule has 0 spiro atoms. The van der Waals surface area contributed by atoms with Crippen molar-refractivity contribution in [2.75, 3.05) is 19.0 Å². The van der Waals surface area contributed by atoms with E-state index in [0.29, 0.717) is 11.3 Å². The second-order valence-corrected chi connectivity index (χ2v) is 7.28. The van der Waals surface area contributed by atoms with Gasteiger partial charge in [-0.05, 0) is 49.5 Å². The van der Waals surface area contributed by atoms with Crippen LogP contribution in [0.3, 0.4) is 0 Å². The van der Waals surface area contributed by atoms with Gasteiger partial charge in [0.2, 0.25) is 0 Å². The Bertz CT molecular complexity index is 615. The largest absolute Gasteiger partial charge is 0.381 e. The van der Waals surface area contributed by atoms with Crippen molar-refractivity contribution in [1.82, 2.24) is 14.5 Å². The summed E-state index contributed by atoms with van der Waals surface area (Å²) >= 11 is 2.06. The van der Waals surface area contributed by atoms with Crippen LogP contribution in [0.25, 0.3) is 11.2 Å². The van der Waals surface area contributed by atoms with Gasteiger partial charge in [-0.3, -0.25) is 4.57 Å². The van der Waals surface area contributed by atoms with E-state index in [2.05, 4.69) is 27.4 Å². The topological polar surface area (TPSA) is 39.9 Å². The molecule has 4 rings (SSSR count). The highest BCUT2D eigenvalue weighted by Crippen LogP contribution is 2.37. The summed E-state index contributed by atoms with van der Waals surface area (Å²) in [4.78, 5) is 9.49.